The lowest BCUT2D eigenvalue weighted by Gasteiger charge is -2.21. The Hall–Kier alpha value is -3.19. The van der Waals surface area contributed by atoms with E-state index in [9.17, 15) is 9.59 Å². The minimum Gasteiger partial charge on any atom is -0.456 e. The Morgan fingerprint density at radius 3 is 2.52 bits per heavy atom. The Kier molecular flexibility index (Phi) is 6.29. The van der Waals surface area contributed by atoms with E-state index in [-0.39, 0.29) is 18.3 Å². The standard InChI is InChI=1S/C21H21ClN4O3/c1-12(2)18(26-20(27)13-7-3-5-9-15(13)22)21(28)29-11-17-24-16-10-6-4-8-14(16)19(23)25-17/h3-10,12,18H,11H2,1-2H3,(H,26,27)(H2,23,24,25)/t18-/m0/s1. The van der Waals surface area contributed by atoms with Gasteiger partial charge in [0.2, 0.25) is 0 Å². The van der Waals surface area contributed by atoms with E-state index in [2.05, 4.69) is 15.3 Å². The van der Waals surface area contributed by atoms with Crippen LogP contribution in [0.25, 0.3) is 10.9 Å². The first-order valence-electron chi connectivity index (χ1n) is 9.10. The normalized spacial score (nSPS) is 12.0. The molecular formula is C21H21ClN4O3. The third kappa shape index (κ3) is 4.81. The second kappa shape index (κ2) is 8.87. The largest absolute Gasteiger partial charge is 0.456 e. The van der Waals surface area contributed by atoms with Crippen LogP contribution in [0.5, 0.6) is 0 Å². The van der Waals surface area contributed by atoms with Crippen LogP contribution in [0.1, 0.15) is 30.0 Å². The van der Waals surface area contributed by atoms with Gasteiger partial charge in [0.05, 0.1) is 16.1 Å². The number of carbonyl (C=O) groups excluding carboxylic acids is 2. The first kappa shape index (κ1) is 20.5. The molecule has 0 aliphatic rings. The number of nitrogens with one attached hydrogen (secondary N) is 1. The van der Waals surface area contributed by atoms with Gasteiger partial charge in [-0.2, -0.15) is 0 Å². The molecule has 1 heterocycles. The number of esters is 1. The van der Waals surface area contributed by atoms with Crippen molar-refractivity contribution in [3.05, 3.63) is 64.9 Å². The fourth-order valence-electron chi connectivity index (χ4n) is 2.80. The summed E-state index contributed by atoms with van der Waals surface area (Å²) in [6, 6.07) is 13.1. The van der Waals surface area contributed by atoms with Crippen molar-refractivity contribution in [3.8, 4) is 0 Å². The topological polar surface area (TPSA) is 107 Å². The molecule has 3 rings (SSSR count). The zero-order chi connectivity index (χ0) is 21.0. The van der Waals surface area contributed by atoms with E-state index >= 15 is 0 Å². The van der Waals surface area contributed by atoms with Gasteiger partial charge in [-0.05, 0) is 30.2 Å². The number of fused-ring (bicyclic) bond motifs is 1. The van der Waals surface area contributed by atoms with Crippen molar-refractivity contribution >= 4 is 40.2 Å². The van der Waals surface area contributed by atoms with Gasteiger partial charge in [0.25, 0.3) is 5.91 Å². The molecule has 0 spiro atoms. The Morgan fingerprint density at radius 2 is 1.79 bits per heavy atom. The van der Waals surface area contributed by atoms with Gasteiger partial charge < -0.3 is 15.8 Å². The Bertz CT molecular complexity index is 1060. The second-order valence-electron chi connectivity index (χ2n) is 6.82. The van der Waals surface area contributed by atoms with E-state index in [1.54, 1.807) is 30.3 Å². The number of rotatable bonds is 6. The highest BCUT2D eigenvalue weighted by molar-refractivity contribution is 6.33. The zero-order valence-electron chi connectivity index (χ0n) is 16.1. The van der Waals surface area contributed by atoms with Crippen LogP contribution in [0.4, 0.5) is 5.82 Å². The minimum atomic E-state index is -0.850. The van der Waals surface area contributed by atoms with Crippen LogP contribution in [-0.4, -0.2) is 27.9 Å². The molecule has 0 bridgehead atoms. The lowest BCUT2D eigenvalue weighted by molar-refractivity contribution is -0.148. The summed E-state index contributed by atoms with van der Waals surface area (Å²) in [6.45, 7) is 3.46. The molecule has 1 atom stereocenters. The molecule has 3 aromatic rings. The Balaban J connectivity index is 1.70. The summed E-state index contributed by atoms with van der Waals surface area (Å²) in [4.78, 5) is 33.6. The maximum absolute atomic E-state index is 12.6. The molecule has 0 aliphatic heterocycles. The molecule has 0 fully saturated rings. The first-order chi connectivity index (χ1) is 13.9. The van der Waals surface area contributed by atoms with Crippen molar-refractivity contribution in [2.75, 3.05) is 5.73 Å². The number of carbonyl (C=O) groups is 2. The summed E-state index contributed by atoms with van der Waals surface area (Å²) in [7, 11) is 0. The highest BCUT2D eigenvalue weighted by Crippen LogP contribution is 2.18. The average molecular weight is 413 g/mol. The predicted molar refractivity (Wildman–Crippen MR) is 111 cm³/mol. The molecule has 150 valence electrons. The molecule has 0 saturated carbocycles. The highest BCUT2D eigenvalue weighted by atomic mass is 35.5. The highest BCUT2D eigenvalue weighted by Gasteiger charge is 2.27. The number of para-hydroxylation sites is 1. The lowest BCUT2D eigenvalue weighted by Crippen LogP contribution is -2.45. The maximum atomic E-state index is 12.6. The summed E-state index contributed by atoms with van der Waals surface area (Å²) >= 11 is 6.06. The van der Waals surface area contributed by atoms with Crippen LogP contribution in [0.15, 0.2) is 48.5 Å². The molecule has 2 aromatic carbocycles. The first-order valence-corrected chi connectivity index (χ1v) is 9.47. The SMILES string of the molecule is CC(C)[C@H](NC(=O)c1ccccc1Cl)C(=O)OCc1nc(N)c2ccccc2n1. The molecule has 7 nitrogen and oxygen atoms in total. The van der Waals surface area contributed by atoms with Crippen molar-refractivity contribution in [2.45, 2.75) is 26.5 Å². The van der Waals surface area contributed by atoms with Gasteiger partial charge in [0, 0.05) is 5.39 Å². The Morgan fingerprint density at radius 1 is 1.10 bits per heavy atom. The summed E-state index contributed by atoms with van der Waals surface area (Å²) in [5, 5.41) is 3.72. The summed E-state index contributed by atoms with van der Waals surface area (Å²) in [5.74, 6) is -0.631. The molecule has 0 aliphatic carbocycles. The summed E-state index contributed by atoms with van der Waals surface area (Å²) in [6.07, 6.45) is 0. The van der Waals surface area contributed by atoms with Crippen LogP contribution in [-0.2, 0) is 16.1 Å². The number of amides is 1. The maximum Gasteiger partial charge on any atom is 0.329 e. The molecule has 1 amide bonds. The molecule has 0 radical (unpaired) electrons. The number of ether oxygens (including phenoxy) is 1. The average Bonchev–Trinajstić information content (AvgIpc) is 2.70. The third-order valence-electron chi connectivity index (χ3n) is 4.35. The van der Waals surface area contributed by atoms with Crippen LogP contribution in [0.2, 0.25) is 5.02 Å². The number of halogens is 1. The molecular weight excluding hydrogens is 392 g/mol. The van der Waals surface area contributed by atoms with Crippen LogP contribution in [0.3, 0.4) is 0 Å². The predicted octanol–water partition coefficient (Wildman–Crippen LogP) is 3.36. The van der Waals surface area contributed by atoms with Crippen LogP contribution >= 0.6 is 11.6 Å². The summed E-state index contributed by atoms with van der Waals surface area (Å²) < 4.78 is 5.36. The third-order valence-corrected chi connectivity index (χ3v) is 4.68. The number of hydrogen-bond donors (Lipinski definition) is 2. The van der Waals surface area contributed by atoms with E-state index in [4.69, 9.17) is 22.1 Å². The van der Waals surface area contributed by atoms with Crippen LogP contribution < -0.4 is 11.1 Å². The van der Waals surface area contributed by atoms with Gasteiger partial charge in [-0.1, -0.05) is 49.7 Å². The number of aromatic nitrogens is 2. The number of nitrogens with zero attached hydrogens (tertiary/aromatic N) is 2. The van der Waals surface area contributed by atoms with Crippen molar-refractivity contribution in [1.82, 2.24) is 15.3 Å². The fraction of sp³-hybridized carbons (Fsp3) is 0.238. The van der Waals surface area contributed by atoms with Gasteiger partial charge >= 0.3 is 5.97 Å². The number of nitrogens with two attached hydrogens (primary N) is 1. The molecule has 1 aromatic heterocycles. The van der Waals surface area contributed by atoms with E-state index in [0.717, 1.165) is 5.39 Å². The van der Waals surface area contributed by atoms with Crippen molar-refractivity contribution in [2.24, 2.45) is 5.92 Å². The van der Waals surface area contributed by atoms with Crippen molar-refractivity contribution < 1.29 is 14.3 Å². The number of anilines is 1. The lowest BCUT2D eigenvalue weighted by atomic mass is 10.0. The zero-order valence-corrected chi connectivity index (χ0v) is 16.8. The molecule has 0 unspecified atom stereocenters. The van der Waals surface area contributed by atoms with Gasteiger partial charge in [-0.3, -0.25) is 4.79 Å². The summed E-state index contributed by atoms with van der Waals surface area (Å²) in [5.41, 5.74) is 6.91. The van der Waals surface area contributed by atoms with Crippen LogP contribution in [0, 0.1) is 5.92 Å². The van der Waals surface area contributed by atoms with E-state index in [1.807, 2.05) is 32.0 Å². The second-order valence-corrected chi connectivity index (χ2v) is 7.23. The molecule has 29 heavy (non-hydrogen) atoms. The van der Waals surface area contributed by atoms with Gasteiger partial charge in [-0.25, -0.2) is 14.8 Å². The smallest absolute Gasteiger partial charge is 0.329 e. The van der Waals surface area contributed by atoms with Gasteiger partial charge in [-0.15, -0.1) is 0 Å². The monoisotopic (exact) mass is 412 g/mol. The quantitative estimate of drug-likeness (QED) is 0.601. The molecule has 3 N–H and O–H groups in total. The number of benzene rings is 2. The van der Waals surface area contributed by atoms with Gasteiger partial charge in [0.1, 0.15) is 11.9 Å². The minimum absolute atomic E-state index is 0.154. The van der Waals surface area contributed by atoms with E-state index in [0.29, 0.717) is 21.9 Å². The number of hydrogen-bond acceptors (Lipinski definition) is 6. The van der Waals surface area contributed by atoms with Crippen molar-refractivity contribution in [3.63, 3.8) is 0 Å². The fourth-order valence-corrected chi connectivity index (χ4v) is 3.02. The Labute approximate surface area is 173 Å². The van der Waals surface area contributed by atoms with E-state index < -0.39 is 17.9 Å². The van der Waals surface area contributed by atoms with Gasteiger partial charge in [0.15, 0.2) is 12.4 Å². The van der Waals surface area contributed by atoms with Crippen molar-refractivity contribution in [1.29, 1.82) is 0 Å². The molecule has 0 saturated heterocycles. The van der Waals surface area contributed by atoms with E-state index in [1.165, 1.54) is 0 Å². The molecule has 8 heteroatoms. The number of nitrogen functional groups attached to an aromatic ring is 1.